The Morgan fingerprint density at radius 1 is 0.600 bits per heavy atom. The van der Waals surface area contributed by atoms with Crippen molar-refractivity contribution in [1.29, 1.82) is 0 Å². The first kappa shape index (κ1) is 35.1. The van der Waals surface area contributed by atoms with E-state index in [0.29, 0.717) is 9.80 Å². The van der Waals surface area contributed by atoms with E-state index < -0.39 is 49.4 Å². The second-order valence-corrected chi connectivity index (χ2v) is 7.85. The molecule has 0 bridgehead atoms. The topological polar surface area (TPSA) is 243 Å². The van der Waals surface area contributed by atoms with Crippen LogP contribution < -0.4 is 0 Å². The standard InChI is InChI=1S/C22H30N4O14/c27-11-23(12-28)7-3-1-6-18(20(35)36)26(16-32)22(38)40-10-9-39-21(37)24(13-29)8-4-2-5-17(19(33)34)25(14-30)15-31/h11-18H,1-10H2,(H,33,34)(H,35,36). The highest BCUT2D eigenvalue weighted by Gasteiger charge is 2.30. The fourth-order valence-corrected chi connectivity index (χ4v) is 3.18. The lowest BCUT2D eigenvalue weighted by atomic mass is 10.1. The minimum Gasteiger partial charge on any atom is -0.480 e. The minimum atomic E-state index is -1.61. The van der Waals surface area contributed by atoms with Gasteiger partial charge in [-0.15, -0.1) is 0 Å². The van der Waals surface area contributed by atoms with Crippen LogP contribution in [-0.4, -0.2) is 131 Å². The predicted octanol–water partition coefficient (Wildman–Crippen LogP) is -1.35. The highest BCUT2D eigenvalue weighted by atomic mass is 16.6. The molecule has 222 valence electrons. The molecule has 0 aromatic carbocycles. The molecule has 0 rings (SSSR count). The molecule has 40 heavy (non-hydrogen) atoms. The van der Waals surface area contributed by atoms with Gasteiger partial charge in [-0.05, 0) is 38.5 Å². The number of carbonyl (C=O) groups is 10. The average molecular weight is 574 g/mol. The number of imide groups is 4. The Morgan fingerprint density at radius 2 is 1.10 bits per heavy atom. The number of aliphatic carboxylic acids is 2. The van der Waals surface area contributed by atoms with Gasteiger partial charge in [0.1, 0.15) is 25.3 Å². The Balaban J connectivity index is 4.64. The van der Waals surface area contributed by atoms with E-state index in [9.17, 15) is 53.1 Å². The van der Waals surface area contributed by atoms with E-state index in [-0.39, 0.29) is 95.0 Å². The molecule has 0 aromatic rings. The second-order valence-electron chi connectivity index (χ2n) is 7.85. The number of hydrogen-bond acceptors (Lipinski definition) is 12. The summed E-state index contributed by atoms with van der Waals surface area (Å²) >= 11 is 0. The van der Waals surface area contributed by atoms with Crippen molar-refractivity contribution in [3.63, 3.8) is 0 Å². The van der Waals surface area contributed by atoms with Gasteiger partial charge in [-0.2, -0.15) is 0 Å². The molecular formula is C22H30N4O14. The predicted molar refractivity (Wildman–Crippen MR) is 127 cm³/mol. The van der Waals surface area contributed by atoms with Crippen LogP contribution in [0.4, 0.5) is 9.59 Å². The molecule has 2 N–H and O–H groups in total. The van der Waals surface area contributed by atoms with Crippen LogP contribution in [0.2, 0.25) is 0 Å². The quantitative estimate of drug-likeness (QED) is 0.106. The number of carbonyl (C=O) groups excluding carboxylic acids is 8. The first-order valence-electron chi connectivity index (χ1n) is 11.7. The minimum absolute atomic E-state index is 0.00976. The van der Waals surface area contributed by atoms with Crippen LogP contribution in [-0.2, 0) is 47.8 Å². The Kier molecular flexibility index (Phi) is 17.6. The molecule has 2 atom stereocenters. The highest BCUT2D eigenvalue weighted by molar-refractivity contribution is 5.88. The fourth-order valence-electron chi connectivity index (χ4n) is 3.18. The van der Waals surface area contributed by atoms with E-state index in [2.05, 4.69) is 0 Å². The van der Waals surface area contributed by atoms with Crippen LogP contribution in [0.1, 0.15) is 38.5 Å². The molecule has 0 aromatic heterocycles. The zero-order valence-electron chi connectivity index (χ0n) is 21.3. The van der Waals surface area contributed by atoms with Crippen molar-refractivity contribution in [2.24, 2.45) is 0 Å². The van der Waals surface area contributed by atoms with Crippen molar-refractivity contribution < 1.29 is 67.6 Å². The van der Waals surface area contributed by atoms with Crippen molar-refractivity contribution in [3.8, 4) is 0 Å². The van der Waals surface area contributed by atoms with Crippen molar-refractivity contribution in [1.82, 2.24) is 19.6 Å². The zero-order chi connectivity index (χ0) is 30.5. The van der Waals surface area contributed by atoms with E-state index in [1.807, 2.05) is 0 Å². The third kappa shape index (κ3) is 12.6. The number of carboxylic acid groups (broad SMARTS) is 2. The van der Waals surface area contributed by atoms with Crippen LogP contribution in [0, 0.1) is 0 Å². The lowest BCUT2D eigenvalue weighted by Gasteiger charge is -2.23. The molecule has 0 aliphatic rings. The van der Waals surface area contributed by atoms with Gasteiger partial charge in [-0.1, -0.05) is 0 Å². The van der Waals surface area contributed by atoms with Gasteiger partial charge in [0, 0.05) is 13.1 Å². The Labute approximate surface area is 227 Å². The summed E-state index contributed by atoms with van der Waals surface area (Å²) in [4.78, 5) is 114. The second kappa shape index (κ2) is 20.1. The Morgan fingerprint density at radius 3 is 1.55 bits per heavy atom. The summed E-state index contributed by atoms with van der Waals surface area (Å²) < 4.78 is 9.53. The molecule has 0 saturated heterocycles. The number of carboxylic acids is 2. The molecule has 0 heterocycles. The number of rotatable bonds is 23. The summed E-state index contributed by atoms with van der Waals surface area (Å²) in [5.74, 6) is -2.93. The number of amides is 8. The number of ether oxygens (including phenoxy) is 2. The van der Waals surface area contributed by atoms with E-state index in [1.54, 1.807) is 0 Å². The van der Waals surface area contributed by atoms with Gasteiger partial charge in [0.2, 0.25) is 38.5 Å². The molecule has 0 saturated carbocycles. The summed E-state index contributed by atoms with van der Waals surface area (Å²) in [6.07, 6.45) is -1.48. The lowest BCUT2D eigenvalue weighted by Crippen LogP contribution is -2.45. The maximum atomic E-state index is 12.2. The number of unbranched alkanes of at least 4 members (excludes halogenated alkanes) is 2. The van der Waals surface area contributed by atoms with Gasteiger partial charge < -0.3 is 19.7 Å². The van der Waals surface area contributed by atoms with Crippen LogP contribution >= 0.6 is 0 Å². The number of hydrogen-bond donors (Lipinski definition) is 2. The largest absolute Gasteiger partial charge is 0.480 e. The summed E-state index contributed by atoms with van der Waals surface area (Å²) in [6, 6.07) is -3.02. The van der Waals surface area contributed by atoms with Gasteiger partial charge in [0.05, 0.1) is 0 Å². The maximum absolute atomic E-state index is 12.2. The molecule has 0 aliphatic heterocycles. The monoisotopic (exact) mass is 574 g/mol. The van der Waals surface area contributed by atoms with E-state index in [4.69, 9.17) is 14.6 Å². The van der Waals surface area contributed by atoms with Gasteiger partial charge in [-0.3, -0.25) is 43.5 Å². The smallest absolute Gasteiger partial charge is 0.417 e. The lowest BCUT2D eigenvalue weighted by molar-refractivity contribution is -0.150. The maximum Gasteiger partial charge on any atom is 0.417 e. The average Bonchev–Trinajstić information content (AvgIpc) is 2.93. The van der Waals surface area contributed by atoms with Crippen molar-refractivity contribution in [2.45, 2.75) is 50.6 Å². The van der Waals surface area contributed by atoms with Crippen molar-refractivity contribution in [2.75, 3.05) is 26.3 Å². The molecule has 0 fully saturated rings. The first-order chi connectivity index (χ1) is 19.1. The first-order valence-corrected chi connectivity index (χ1v) is 11.7. The van der Waals surface area contributed by atoms with Gasteiger partial charge in [-0.25, -0.2) is 24.1 Å². The number of nitrogens with zero attached hydrogens (tertiary/aromatic N) is 4. The van der Waals surface area contributed by atoms with Gasteiger partial charge in [0.15, 0.2) is 0 Å². The Bertz CT molecular complexity index is 898. The third-order valence-corrected chi connectivity index (χ3v) is 5.27. The summed E-state index contributed by atoms with van der Waals surface area (Å²) in [5.41, 5.74) is 0. The summed E-state index contributed by atoms with van der Waals surface area (Å²) in [5, 5.41) is 18.4. The molecule has 0 radical (unpaired) electrons. The third-order valence-electron chi connectivity index (χ3n) is 5.27. The van der Waals surface area contributed by atoms with E-state index >= 15 is 0 Å². The molecular weight excluding hydrogens is 544 g/mol. The van der Waals surface area contributed by atoms with Crippen LogP contribution in [0.3, 0.4) is 0 Å². The van der Waals surface area contributed by atoms with Gasteiger partial charge >= 0.3 is 24.1 Å². The molecule has 2 unspecified atom stereocenters. The molecule has 18 heteroatoms. The van der Waals surface area contributed by atoms with E-state index in [1.165, 1.54) is 0 Å². The summed E-state index contributed by atoms with van der Waals surface area (Å²) in [6.45, 7) is -1.36. The molecule has 18 nitrogen and oxygen atoms in total. The Hall–Kier alpha value is -4.90. The molecule has 0 spiro atoms. The normalized spacial score (nSPS) is 11.5. The van der Waals surface area contributed by atoms with Crippen molar-refractivity contribution >= 4 is 62.6 Å². The van der Waals surface area contributed by atoms with Crippen LogP contribution in [0.15, 0.2) is 0 Å². The molecule has 0 aliphatic carbocycles. The summed E-state index contributed by atoms with van der Waals surface area (Å²) in [7, 11) is 0. The van der Waals surface area contributed by atoms with Crippen LogP contribution in [0.25, 0.3) is 0 Å². The van der Waals surface area contributed by atoms with Gasteiger partial charge in [0.25, 0.3) is 0 Å². The zero-order valence-corrected chi connectivity index (χ0v) is 21.3. The fraction of sp³-hybridized carbons (Fsp3) is 0.545. The SMILES string of the molecule is O=CN(C=O)CCCCC(C(=O)O)N(C=O)C(=O)OCCOC(=O)N(C=O)CCCCC(C(=O)O)N(C=O)C=O. The molecule has 8 amide bonds. The van der Waals surface area contributed by atoms with Crippen molar-refractivity contribution in [3.05, 3.63) is 0 Å². The highest BCUT2D eigenvalue weighted by Crippen LogP contribution is 2.11. The van der Waals surface area contributed by atoms with Crippen LogP contribution in [0.5, 0.6) is 0 Å². The van der Waals surface area contributed by atoms with E-state index in [0.717, 1.165) is 4.90 Å².